The predicted octanol–water partition coefficient (Wildman–Crippen LogP) is 4.29. The Bertz CT molecular complexity index is 573. The number of ether oxygens (including phenoxy) is 1. The molecule has 19 heavy (non-hydrogen) atoms. The minimum atomic E-state index is 0.146. The monoisotopic (exact) mass is 384 g/mol. The van der Waals surface area contributed by atoms with Crippen molar-refractivity contribution in [3.63, 3.8) is 0 Å². The second-order valence-electron chi connectivity index (χ2n) is 4.39. The predicted molar refractivity (Wildman–Crippen MR) is 83.5 cm³/mol. The number of hydrogen-bond acceptors (Lipinski definition) is 3. The van der Waals surface area contributed by atoms with Crippen molar-refractivity contribution in [2.45, 2.75) is 19.4 Å². The van der Waals surface area contributed by atoms with Crippen molar-refractivity contribution in [1.82, 2.24) is 4.98 Å². The Labute approximate surface area is 129 Å². The van der Waals surface area contributed by atoms with Gasteiger partial charge in [-0.1, -0.05) is 6.07 Å². The third-order valence-corrected chi connectivity index (χ3v) is 3.51. The fourth-order valence-electron chi connectivity index (χ4n) is 1.70. The first-order valence-electron chi connectivity index (χ1n) is 5.87. The van der Waals surface area contributed by atoms with Crippen LogP contribution in [0, 0.1) is 0 Å². The topological polar surface area (TPSA) is 48.1 Å². The van der Waals surface area contributed by atoms with Crippen LogP contribution in [0.25, 0.3) is 0 Å². The Morgan fingerprint density at radius 2 is 2.05 bits per heavy atom. The van der Waals surface area contributed by atoms with Gasteiger partial charge in [-0.15, -0.1) is 0 Å². The summed E-state index contributed by atoms with van der Waals surface area (Å²) < 4.78 is 7.57. The molecule has 5 heteroatoms. The van der Waals surface area contributed by atoms with Gasteiger partial charge in [0.25, 0.3) is 0 Å². The highest BCUT2D eigenvalue weighted by molar-refractivity contribution is 9.10. The second-order valence-corrected chi connectivity index (χ2v) is 6.16. The van der Waals surface area contributed by atoms with Crippen LogP contribution in [-0.4, -0.2) is 11.0 Å². The van der Waals surface area contributed by atoms with Crippen LogP contribution in [0.1, 0.15) is 12.5 Å². The van der Waals surface area contributed by atoms with Crippen molar-refractivity contribution in [1.29, 1.82) is 0 Å². The zero-order valence-corrected chi connectivity index (χ0v) is 13.6. The van der Waals surface area contributed by atoms with Crippen LogP contribution in [0.5, 0.6) is 11.5 Å². The van der Waals surface area contributed by atoms with E-state index in [1.165, 1.54) is 5.56 Å². The van der Waals surface area contributed by atoms with Crippen molar-refractivity contribution in [3.8, 4) is 11.5 Å². The van der Waals surface area contributed by atoms with Crippen molar-refractivity contribution in [2.75, 3.05) is 0 Å². The van der Waals surface area contributed by atoms with Gasteiger partial charge in [0.15, 0.2) is 0 Å². The molecule has 0 bridgehead atoms. The molecule has 1 atom stereocenters. The molecule has 0 aliphatic carbocycles. The summed E-state index contributed by atoms with van der Waals surface area (Å²) in [5.74, 6) is 1.45. The van der Waals surface area contributed by atoms with Crippen LogP contribution in [0.4, 0.5) is 0 Å². The Morgan fingerprint density at radius 1 is 1.26 bits per heavy atom. The Balaban J connectivity index is 2.17. The van der Waals surface area contributed by atoms with Gasteiger partial charge in [0.1, 0.15) is 11.5 Å². The summed E-state index contributed by atoms with van der Waals surface area (Å²) in [7, 11) is 0. The lowest BCUT2D eigenvalue weighted by Gasteiger charge is -2.10. The van der Waals surface area contributed by atoms with Crippen LogP contribution < -0.4 is 10.5 Å². The van der Waals surface area contributed by atoms with E-state index in [-0.39, 0.29) is 6.04 Å². The minimum absolute atomic E-state index is 0.146. The summed E-state index contributed by atoms with van der Waals surface area (Å²) in [6, 6.07) is 8.00. The van der Waals surface area contributed by atoms with Gasteiger partial charge in [-0.25, -0.2) is 0 Å². The molecule has 2 aromatic rings. The van der Waals surface area contributed by atoms with Gasteiger partial charge in [0, 0.05) is 16.7 Å². The first-order valence-corrected chi connectivity index (χ1v) is 7.45. The maximum atomic E-state index is 5.79. The van der Waals surface area contributed by atoms with Crippen molar-refractivity contribution in [3.05, 3.63) is 51.2 Å². The van der Waals surface area contributed by atoms with Crippen molar-refractivity contribution >= 4 is 31.9 Å². The highest BCUT2D eigenvalue weighted by atomic mass is 79.9. The highest BCUT2D eigenvalue weighted by Gasteiger charge is 2.06. The Morgan fingerprint density at radius 3 is 2.68 bits per heavy atom. The van der Waals surface area contributed by atoms with Crippen LogP contribution in [-0.2, 0) is 6.42 Å². The molecule has 0 saturated carbocycles. The van der Waals surface area contributed by atoms with Gasteiger partial charge >= 0.3 is 0 Å². The molecule has 2 rings (SSSR count). The molecule has 2 N–H and O–H groups in total. The zero-order valence-electron chi connectivity index (χ0n) is 10.4. The normalized spacial score (nSPS) is 12.2. The van der Waals surface area contributed by atoms with Crippen molar-refractivity contribution < 1.29 is 4.74 Å². The van der Waals surface area contributed by atoms with Crippen LogP contribution in [0.2, 0.25) is 0 Å². The number of pyridine rings is 1. The quantitative estimate of drug-likeness (QED) is 0.853. The Kier molecular flexibility index (Phi) is 4.96. The summed E-state index contributed by atoms with van der Waals surface area (Å²) in [4.78, 5) is 4.06. The number of nitrogens with two attached hydrogens (primary N) is 1. The number of hydrogen-bond donors (Lipinski definition) is 1. The maximum absolute atomic E-state index is 5.79. The van der Waals surface area contributed by atoms with Crippen LogP contribution in [0.15, 0.2) is 45.6 Å². The molecule has 0 aliphatic rings. The van der Waals surface area contributed by atoms with Crippen molar-refractivity contribution in [2.24, 2.45) is 5.73 Å². The van der Waals surface area contributed by atoms with E-state index in [2.05, 4.69) is 36.8 Å². The summed E-state index contributed by atoms with van der Waals surface area (Å²) in [6.07, 6.45) is 4.23. The number of benzene rings is 1. The molecule has 100 valence electrons. The van der Waals surface area contributed by atoms with E-state index in [0.717, 1.165) is 21.1 Å². The fourth-order valence-corrected chi connectivity index (χ4v) is 2.55. The van der Waals surface area contributed by atoms with E-state index in [1.807, 2.05) is 31.2 Å². The molecule has 0 spiro atoms. The highest BCUT2D eigenvalue weighted by Crippen LogP contribution is 2.31. The molecule has 1 heterocycles. The number of aromatic nitrogens is 1. The molecule has 1 unspecified atom stereocenters. The van der Waals surface area contributed by atoms with Gasteiger partial charge in [-0.05, 0) is 69.0 Å². The summed E-state index contributed by atoms with van der Waals surface area (Å²) in [6.45, 7) is 1.99. The molecule has 1 aromatic heterocycles. The molecule has 3 nitrogen and oxygen atoms in total. The molecular weight excluding hydrogens is 372 g/mol. The number of halogens is 2. The van der Waals surface area contributed by atoms with Gasteiger partial charge in [-0.3, -0.25) is 4.98 Å². The van der Waals surface area contributed by atoms with E-state index in [0.29, 0.717) is 5.75 Å². The summed E-state index contributed by atoms with van der Waals surface area (Å²) >= 11 is 6.88. The van der Waals surface area contributed by atoms with E-state index in [1.54, 1.807) is 12.4 Å². The third-order valence-electron chi connectivity index (χ3n) is 2.46. The fraction of sp³-hybridized carbons (Fsp3) is 0.214. The lowest BCUT2D eigenvalue weighted by Crippen LogP contribution is -2.17. The molecule has 0 aliphatic heterocycles. The average molecular weight is 386 g/mol. The van der Waals surface area contributed by atoms with Gasteiger partial charge in [-0.2, -0.15) is 0 Å². The number of nitrogens with zero attached hydrogens (tertiary/aromatic N) is 1. The second kappa shape index (κ2) is 6.50. The average Bonchev–Trinajstić information content (AvgIpc) is 2.32. The SMILES string of the molecule is CC(N)Cc1ccc(Oc2cncc(Br)c2)c(Br)c1. The standard InChI is InChI=1S/C14H14Br2N2O/c1-9(17)4-10-2-3-14(13(16)5-10)19-12-6-11(15)7-18-8-12/h2-3,5-9H,4,17H2,1H3. The lowest BCUT2D eigenvalue weighted by molar-refractivity contribution is 0.476. The van der Waals surface area contributed by atoms with Gasteiger partial charge in [0.2, 0.25) is 0 Å². The van der Waals surface area contributed by atoms with E-state index in [4.69, 9.17) is 10.5 Å². The molecular formula is C14H14Br2N2O. The first kappa shape index (κ1) is 14.5. The van der Waals surface area contributed by atoms with Crippen LogP contribution in [0.3, 0.4) is 0 Å². The third kappa shape index (κ3) is 4.30. The molecule has 0 fully saturated rings. The summed E-state index contributed by atoms with van der Waals surface area (Å²) in [5, 5.41) is 0. The molecule has 0 saturated heterocycles. The van der Waals surface area contributed by atoms with E-state index in [9.17, 15) is 0 Å². The largest absolute Gasteiger partial charge is 0.455 e. The maximum Gasteiger partial charge on any atom is 0.146 e. The zero-order chi connectivity index (χ0) is 13.8. The molecule has 0 amide bonds. The van der Waals surface area contributed by atoms with Crippen LogP contribution >= 0.6 is 31.9 Å². The van der Waals surface area contributed by atoms with E-state index < -0.39 is 0 Å². The first-order chi connectivity index (χ1) is 9.04. The summed E-state index contributed by atoms with van der Waals surface area (Å²) in [5.41, 5.74) is 6.97. The van der Waals surface area contributed by atoms with Gasteiger partial charge in [0.05, 0.1) is 10.7 Å². The lowest BCUT2D eigenvalue weighted by atomic mass is 10.1. The Hall–Kier alpha value is -0.910. The molecule has 0 radical (unpaired) electrons. The van der Waals surface area contributed by atoms with E-state index >= 15 is 0 Å². The molecule has 1 aromatic carbocycles. The number of rotatable bonds is 4. The minimum Gasteiger partial charge on any atom is -0.455 e. The smallest absolute Gasteiger partial charge is 0.146 e. The van der Waals surface area contributed by atoms with Gasteiger partial charge < -0.3 is 10.5 Å².